The van der Waals surface area contributed by atoms with Crippen molar-refractivity contribution in [2.75, 3.05) is 20.2 Å². The Kier molecular flexibility index (Phi) is 10.4. The molecule has 0 aliphatic heterocycles. The van der Waals surface area contributed by atoms with Crippen LogP contribution in [0.3, 0.4) is 0 Å². The first-order chi connectivity index (χ1) is 10.3. The Morgan fingerprint density at radius 3 is 2.24 bits per heavy atom. The fourth-order valence-electron chi connectivity index (χ4n) is 3.77. The lowest BCUT2D eigenvalue weighted by atomic mass is 9.77. The number of hydrogen-bond donors (Lipinski definition) is 1. The lowest BCUT2D eigenvalue weighted by Crippen LogP contribution is -2.45. The summed E-state index contributed by atoms with van der Waals surface area (Å²) in [5.41, 5.74) is 0.141. The first-order valence-corrected chi connectivity index (χ1v) is 9.55. The molecule has 0 radical (unpaired) electrons. The molecule has 0 aromatic heterocycles. The maximum atomic E-state index is 6.38. The van der Waals surface area contributed by atoms with Crippen molar-refractivity contribution in [3.63, 3.8) is 0 Å². The summed E-state index contributed by atoms with van der Waals surface area (Å²) in [5.74, 6) is 0.956. The number of unbranched alkanes of at least 4 members (excludes halogenated alkanes) is 5. The summed E-state index contributed by atoms with van der Waals surface area (Å²) in [7, 11) is 2.06. The third-order valence-electron chi connectivity index (χ3n) is 5.12. The van der Waals surface area contributed by atoms with E-state index in [1.165, 1.54) is 77.0 Å². The van der Waals surface area contributed by atoms with Crippen LogP contribution < -0.4 is 5.32 Å². The minimum atomic E-state index is 0.141. The minimum absolute atomic E-state index is 0.141. The van der Waals surface area contributed by atoms with E-state index in [0.29, 0.717) is 0 Å². The van der Waals surface area contributed by atoms with Crippen molar-refractivity contribution in [3.8, 4) is 0 Å². The summed E-state index contributed by atoms with van der Waals surface area (Å²) in [5, 5.41) is 3.37. The molecule has 1 rings (SSSR count). The van der Waals surface area contributed by atoms with Crippen LogP contribution in [-0.2, 0) is 4.74 Å². The van der Waals surface area contributed by atoms with Crippen LogP contribution in [0.5, 0.6) is 0 Å². The van der Waals surface area contributed by atoms with Gasteiger partial charge in [-0.1, -0.05) is 58.8 Å². The molecule has 1 aliphatic rings. The molecule has 1 fully saturated rings. The SMILES string of the molecule is CCCCCCCCOC1(CNC)CCC(CCC)CC1. The van der Waals surface area contributed by atoms with E-state index < -0.39 is 0 Å². The molecule has 0 heterocycles. The zero-order valence-electron chi connectivity index (χ0n) is 14.9. The van der Waals surface area contributed by atoms with Crippen molar-refractivity contribution in [2.45, 2.75) is 96.5 Å². The molecule has 2 heteroatoms. The first kappa shape index (κ1) is 19.0. The highest BCUT2D eigenvalue weighted by Gasteiger charge is 2.35. The minimum Gasteiger partial charge on any atom is -0.374 e. The second kappa shape index (κ2) is 11.5. The Bertz CT molecular complexity index is 234. The fourth-order valence-corrected chi connectivity index (χ4v) is 3.77. The van der Waals surface area contributed by atoms with Crippen molar-refractivity contribution in [3.05, 3.63) is 0 Å². The van der Waals surface area contributed by atoms with Gasteiger partial charge in [0.25, 0.3) is 0 Å². The highest BCUT2D eigenvalue weighted by atomic mass is 16.5. The average Bonchev–Trinajstić information content (AvgIpc) is 2.49. The van der Waals surface area contributed by atoms with Crippen LogP contribution in [0.4, 0.5) is 0 Å². The lowest BCUT2D eigenvalue weighted by molar-refractivity contribution is -0.0771. The van der Waals surface area contributed by atoms with Gasteiger partial charge in [0.2, 0.25) is 0 Å². The molecule has 1 N–H and O–H groups in total. The van der Waals surface area contributed by atoms with Gasteiger partial charge in [0.15, 0.2) is 0 Å². The summed E-state index contributed by atoms with van der Waals surface area (Å²) in [6.07, 6.45) is 16.1. The Labute approximate surface area is 133 Å². The van der Waals surface area contributed by atoms with E-state index in [0.717, 1.165) is 19.1 Å². The van der Waals surface area contributed by atoms with Crippen LogP contribution in [0.25, 0.3) is 0 Å². The van der Waals surface area contributed by atoms with Gasteiger partial charge in [0.05, 0.1) is 5.60 Å². The Morgan fingerprint density at radius 1 is 0.952 bits per heavy atom. The molecule has 21 heavy (non-hydrogen) atoms. The molecular weight excluding hydrogens is 258 g/mol. The molecular formula is C19H39NO. The van der Waals surface area contributed by atoms with E-state index in [9.17, 15) is 0 Å². The Balaban J connectivity index is 2.20. The van der Waals surface area contributed by atoms with Gasteiger partial charge in [-0.15, -0.1) is 0 Å². The van der Waals surface area contributed by atoms with Gasteiger partial charge in [0.1, 0.15) is 0 Å². The van der Waals surface area contributed by atoms with E-state index in [-0.39, 0.29) is 5.60 Å². The monoisotopic (exact) mass is 297 g/mol. The van der Waals surface area contributed by atoms with Gasteiger partial charge in [-0.25, -0.2) is 0 Å². The normalized spacial score (nSPS) is 26.1. The number of rotatable bonds is 12. The first-order valence-electron chi connectivity index (χ1n) is 9.55. The quantitative estimate of drug-likeness (QED) is 0.493. The number of nitrogens with one attached hydrogen (secondary N) is 1. The summed E-state index contributed by atoms with van der Waals surface area (Å²) in [6, 6.07) is 0. The van der Waals surface area contributed by atoms with Crippen LogP contribution in [0, 0.1) is 5.92 Å². The highest BCUT2D eigenvalue weighted by molar-refractivity contribution is 4.89. The average molecular weight is 298 g/mol. The fraction of sp³-hybridized carbons (Fsp3) is 1.00. The van der Waals surface area contributed by atoms with Gasteiger partial charge < -0.3 is 10.1 Å². The Morgan fingerprint density at radius 2 is 1.62 bits per heavy atom. The summed E-state index contributed by atoms with van der Waals surface area (Å²) in [4.78, 5) is 0. The van der Waals surface area contributed by atoms with Gasteiger partial charge in [-0.2, -0.15) is 0 Å². The second-order valence-corrected chi connectivity index (χ2v) is 7.06. The zero-order chi connectivity index (χ0) is 15.4. The van der Waals surface area contributed by atoms with Gasteiger partial charge in [-0.05, 0) is 45.1 Å². The predicted molar refractivity (Wildman–Crippen MR) is 92.9 cm³/mol. The van der Waals surface area contributed by atoms with E-state index in [1.807, 2.05) is 0 Å². The molecule has 0 aromatic rings. The molecule has 1 aliphatic carbocycles. The smallest absolute Gasteiger partial charge is 0.0806 e. The molecule has 0 spiro atoms. The van der Waals surface area contributed by atoms with E-state index in [4.69, 9.17) is 4.74 Å². The van der Waals surface area contributed by atoms with Crippen molar-refractivity contribution >= 4 is 0 Å². The van der Waals surface area contributed by atoms with Crippen LogP contribution in [-0.4, -0.2) is 25.8 Å². The topological polar surface area (TPSA) is 21.3 Å². The lowest BCUT2D eigenvalue weighted by Gasteiger charge is -2.40. The molecule has 0 unspecified atom stereocenters. The Hall–Kier alpha value is -0.0800. The number of ether oxygens (including phenoxy) is 1. The van der Waals surface area contributed by atoms with Crippen LogP contribution >= 0.6 is 0 Å². The molecule has 0 saturated heterocycles. The molecule has 0 amide bonds. The van der Waals surface area contributed by atoms with E-state index in [1.54, 1.807) is 0 Å². The molecule has 0 atom stereocenters. The molecule has 2 nitrogen and oxygen atoms in total. The van der Waals surface area contributed by atoms with Gasteiger partial charge in [-0.3, -0.25) is 0 Å². The standard InChI is InChI=1S/C19H39NO/c1-4-6-7-8-9-10-16-21-19(17-20-3)14-12-18(11-5-2)13-15-19/h18,20H,4-17H2,1-3H3. The van der Waals surface area contributed by atoms with Crippen LogP contribution in [0.15, 0.2) is 0 Å². The molecule has 0 bridgehead atoms. The van der Waals surface area contributed by atoms with Crippen LogP contribution in [0.2, 0.25) is 0 Å². The van der Waals surface area contributed by atoms with Crippen LogP contribution in [0.1, 0.15) is 90.9 Å². The van der Waals surface area contributed by atoms with Gasteiger partial charge >= 0.3 is 0 Å². The number of hydrogen-bond acceptors (Lipinski definition) is 2. The summed E-state index contributed by atoms with van der Waals surface area (Å²) < 4.78 is 6.38. The zero-order valence-corrected chi connectivity index (χ0v) is 14.9. The van der Waals surface area contributed by atoms with Crippen molar-refractivity contribution in [1.29, 1.82) is 0 Å². The molecule has 126 valence electrons. The molecule has 0 aromatic carbocycles. The summed E-state index contributed by atoms with van der Waals surface area (Å²) >= 11 is 0. The largest absolute Gasteiger partial charge is 0.374 e. The number of likely N-dealkylation sites (N-methyl/N-ethyl adjacent to an activating group) is 1. The highest BCUT2D eigenvalue weighted by Crippen LogP contribution is 2.36. The van der Waals surface area contributed by atoms with E-state index in [2.05, 4.69) is 26.2 Å². The predicted octanol–water partition coefficient (Wildman–Crippen LogP) is 5.31. The van der Waals surface area contributed by atoms with E-state index >= 15 is 0 Å². The van der Waals surface area contributed by atoms with Gasteiger partial charge in [0, 0.05) is 13.2 Å². The second-order valence-electron chi connectivity index (χ2n) is 7.06. The maximum absolute atomic E-state index is 6.38. The third kappa shape index (κ3) is 7.65. The van der Waals surface area contributed by atoms with Crippen molar-refractivity contribution in [2.24, 2.45) is 5.92 Å². The molecule has 1 saturated carbocycles. The summed E-state index contributed by atoms with van der Waals surface area (Å²) in [6.45, 7) is 6.58. The third-order valence-corrected chi connectivity index (χ3v) is 5.12. The van der Waals surface area contributed by atoms with Crippen molar-refractivity contribution < 1.29 is 4.74 Å². The van der Waals surface area contributed by atoms with Crippen molar-refractivity contribution in [1.82, 2.24) is 5.32 Å². The maximum Gasteiger partial charge on any atom is 0.0806 e.